The van der Waals surface area contributed by atoms with Crippen molar-refractivity contribution in [3.05, 3.63) is 0 Å². The molecule has 4 nitrogen and oxygen atoms in total. The Morgan fingerprint density at radius 2 is 1.33 bits per heavy atom. The van der Waals surface area contributed by atoms with E-state index in [4.69, 9.17) is 0 Å². The molecule has 24 heavy (non-hydrogen) atoms. The van der Waals surface area contributed by atoms with Crippen molar-refractivity contribution in [2.75, 3.05) is 26.2 Å². The molecule has 0 aromatic carbocycles. The Labute approximate surface area is 146 Å². The third-order valence-electron chi connectivity index (χ3n) is 8.19. The van der Waals surface area contributed by atoms with Crippen molar-refractivity contribution in [1.82, 2.24) is 9.80 Å². The van der Waals surface area contributed by atoms with Gasteiger partial charge in [0.25, 0.3) is 0 Å². The van der Waals surface area contributed by atoms with E-state index in [2.05, 4.69) is 9.80 Å². The van der Waals surface area contributed by atoms with Crippen LogP contribution in [0.5, 0.6) is 0 Å². The second-order valence-electron chi connectivity index (χ2n) is 9.78. The molecule has 6 aliphatic rings. The lowest BCUT2D eigenvalue weighted by atomic mass is 9.52. The quantitative estimate of drug-likeness (QED) is 0.809. The van der Waals surface area contributed by atoms with E-state index >= 15 is 0 Å². The predicted octanol–water partition coefficient (Wildman–Crippen LogP) is 1.85. The van der Waals surface area contributed by atoms with Crippen molar-refractivity contribution >= 4 is 0 Å². The maximum Gasteiger partial charge on any atom is 0.0822 e. The molecule has 4 aliphatic carbocycles. The molecule has 2 saturated heterocycles. The summed E-state index contributed by atoms with van der Waals surface area (Å²) in [6, 6.07) is 0.322. The van der Waals surface area contributed by atoms with E-state index in [1.54, 1.807) is 0 Å². The second kappa shape index (κ2) is 5.94. The van der Waals surface area contributed by atoms with Crippen molar-refractivity contribution in [2.45, 2.75) is 81.6 Å². The van der Waals surface area contributed by atoms with E-state index in [1.165, 1.54) is 45.1 Å². The Balaban J connectivity index is 1.26. The topological polar surface area (TPSA) is 46.9 Å². The van der Waals surface area contributed by atoms with Crippen LogP contribution in [0.25, 0.3) is 0 Å². The van der Waals surface area contributed by atoms with Gasteiger partial charge in [0.1, 0.15) is 0 Å². The summed E-state index contributed by atoms with van der Waals surface area (Å²) in [7, 11) is 0. The molecule has 2 N–H and O–H groups in total. The minimum absolute atomic E-state index is 0.120. The molecular weight excluding hydrogens is 300 g/mol. The number of piperidine rings is 2. The van der Waals surface area contributed by atoms with Crippen molar-refractivity contribution in [3.8, 4) is 0 Å². The lowest BCUT2D eigenvalue weighted by molar-refractivity contribution is -0.125. The highest BCUT2D eigenvalue weighted by Crippen LogP contribution is 2.58. The summed E-state index contributed by atoms with van der Waals surface area (Å²) in [5, 5.41) is 20.6. The molecule has 0 aromatic heterocycles. The average molecular weight is 335 g/mol. The lowest BCUT2D eigenvalue weighted by Gasteiger charge is -2.62. The van der Waals surface area contributed by atoms with Gasteiger partial charge in [-0.25, -0.2) is 0 Å². The Kier molecular flexibility index (Phi) is 3.97. The average Bonchev–Trinajstić information content (AvgIpc) is 2.54. The molecule has 4 heteroatoms. The SMILES string of the molecule is OC1CCN([C@@H]2CCN(C34CC5CC(CC(C5)C3)C4)C[C@H]2O)CC1. The van der Waals surface area contributed by atoms with Gasteiger partial charge in [-0.2, -0.15) is 0 Å². The van der Waals surface area contributed by atoms with Gasteiger partial charge in [-0.05, 0) is 75.5 Å². The normalized spacial score (nSPS) is 50.5. The van der Waals surface area contributed by atoms with Gasteiger partial charge in [-0.3, -0.25) is 9.80 Å². The minimum atomic E-state index is -0.206. The summed E-state index contributed by atoms with van der Waals surface area (Å²) in [6.07, 6.45) is 11.2. The third kappa shape index (κ3) is 2.65. The van der Waals surface area contributed by atoms with Crippen LogP contribution in [-0.2, 0) is 0 Å². The van der Waals surface area contributed by atoms with Crippen LogP contribution in [0.1, 0.15) is 57.8 Å². The van der Waals surface area contributed by atoms with Crippen LogP contribution in [0.2, 0.25) is 0 Å². The summed E-state index contributed by atoms with van der Waals surface area (Å²) in [5.74, 6) is 2.94. The van der Waals surface area contributed by atoms with Crippen LogP contribution in [0.15, 0.2) is 0 Å². The second-order valence-corrected chi connectivity index (χ2v) is 9.78. The van der Waals surface area contributed by atoms with E-state index in [9.17, 15) is 10.2 Å². The van der Waals surface area contributed by atoms with Gasteiger partial charge >= 0.3 is 0 Å². The summed E-state index contributed by atoms with van der Waals surface area (Å²) in [4.78, 5) is 5.17. The maximum absolute atomic E-state index is 10.9. The lowest BCUT2D eigenvalue weighted by Crippen LogP contribution is -2.65. The molecule has 0 amide bonds. The van der Waals surface area contributed by atoms with E-state index in [0.717, 1.165) is 56.7 Å². The van der Waals surface area contributed by atoms with Gasteiger partial charge in [0.15, 0.2) is 0 Å². The highest BCUT2D eigenvalue weighted by molar-refractivity contribution is 5.09. The first-order chi connectivity index (χ1) is 11.6. The Bertz CT molecular complexity index is 439. The van der Waals surface area contributed by atoms with E-state index in [1.807, 2.05) is 0 Å². The smallest absolute Gasteiger partial charge is 0.0822 e. The summed E-state index contributed by atoms with van der Waals surface area (Å²) in [6.45, 7) is 3.98. The molecule has 2 aliphatic heterocycles. The standard InChI is InChI=1S/C20H34N2O2/c23-17-1-4-21(5-2-17)18-3-6-22(13-19(18)24)20-10-14-7-15(11-20)9-16(8-14)12-20/h14-19,23-24H,1-13H2/t14?,15?,16?,18-,19-,20?/m1/s1. The molecule has 0 spiro atoms. The third-order valence-corrected chi connectivity index (χ3v) is 8.19. The van der Waals surface area contributed by atoms with Gasteiger partial charge in [-0.15, -0.1) is 0 Å². The summed E-state index contributed by atoms with van der Waals surface area (Å²) < 4.78 is 0. The van der Waals surface area contributed by atoms with Crippen molar-refractivity contribution in [1.29, 1.82) is 0 Å². The van der Waals surface area contributed by atoms with Crippen LogP contribution >= 0.6 is 0 Å². The molecule has 4 saturated carbocycles. The minimum Gasteiger partial charge on any atom is -0.393 e. The summed E-state index contributed by atoms with van der Waals surface area (Å²) in [5.41, 5.74) is 0.443. The van der Waals surface area contributed by atoms with Crippen LogP contribution in [-0.4, -0.2) is 70.0 Å². The number of nitrogens with zero attached hydrogens (tertiary/aromatic N) is 2. The van der Waals surface area contributed by atoms with Crippen molar-refractivity contribution < 1.29 is 10.2 Å². The number of likely N-dealkylation sites (tertiary alicyclic amines) is 2. The molecule has 136 valence electrons. The molecular formula is C20H34N2O2. The molecule has 0 aromatic rings. The van der Waals surface area contributed by atoms with Crippen LogP contribution in [0.3, 0.4) is 0 Å². The van der Waals surface area contributed by atoms with Gasteiger partial charge in [-0.1, -0.05) is 0 Å². The largest absolute Gasteiger partial charge is 0.393 e. The van der Waals surface area contributed by atoms with Crippen molar-refractivity contribution in [2.24, 2.45) is 17.8 Å². The fraction of sp³-hybridized carbons (Fsp3) is 1.00. The van der Waals surface area contributed by atoms with Gasteiger partial charge in [0.2, 0.25) is 0 Å². The molecule has 6 fully saturated rings. The maximum atomic E-state index is 10.9. The van der Waals surface area contributed by atoms with Gasteiger partial charge in [0, 0.05) is 37.8 Å². The van der Waals surface area contributed by atoms with E-state index < -0.39 is 0 Å². The predicted molar refractivity (Wildman–Crippen MR) is 93.7 cm³/mol. The molecule has 0 radical (unpaired) electrons. The zero-order valence-corrected chi connectivity index (χ0v) is 14.9. The molecule has 4 bridgehead atoms. The number of rotatable bonds is 2. The van der Waals surface area contributed by atoms with Gasteiger partial charge < -0.3 is 10.2 Å². The van der Waals surface area contributed by atoms with E-state index in [0.29, 0.717) is 11.6 Å². The number of hydrogen-bond donors (Lipinski definition) is 2. The first-order valence-corrected chi connectivity index (χ1v) is 10.5. The van der Waals surface area contributed by atoms with Crippen LogP contribution in [0, 0.1) is 17.8 Å². The van der Waals surface area contributed by atoms with E-state index in [-0.39, 0.29) is 12.2 Å². The van der Waals surface area contributed by atoms with Crippen LogP contribution in [0.4, 0.5) is 0 Å². The Morgan fingerprint density at radius 1 is 0.750 bits per heavy atom. The number of aliphatic hydroxyl groups is 2. The number of hydrogen-bond acceptors (Lipinski definition) is 4. The molecule has 2 atom stereocenters. The Morgan fingerprint density at radius 3 is 1.88 bits per heavy atom. The van der Waals surface area contributed by atoms with Crippen molar-refractivity contribution in [3.63, 3.8) is 0 Å². The number of aliphatic hydroxyl groups excluding tert-OH is 2. The number of β-amino-alcohol motifs (C(OH)–C–C–N with tert-alkyl or cyclic N) is 1. The van der Waals surface area contributed by atoms with Crippen LogP contribution < -0.4 is 0 Å². The highest BCUT2D eigenvalue weighted by atomic mass is 16.3. The first-order valence-electron chi connectivity index (χ1n) is 10.5. The molecule has 6 rings (SSSR count). The first kappa shape index (κ1) is 16.0. The highest BCUT2D eigenvalue weighted by Gasteiger charge is 2.54. The zero-order valence-electron chi connectivity index (χ0n) is 14.9. The monoisotopic (exact) mass is 334 g/mol. The molecule has 0 unspecified atom stereocenters. The molecule has 2 heterocycles. The zero-order chi connectivity index (χ0) is 16.3. The van der Waals surface area contributed by atoms with Gasteiger partial charge in [0.05, 0.1) is 12.2 Å². The Hall–Kier alpha value is -0.160. The fourth-order valence-corrected chi connectivity index (χ4v) is 7.45. The summed E-state index contributed by atoms with van der Waals surface area (Å²) >= 11 is 0. The fourth-order valence-electron chi connectivity index (χ4n) is 7.45.